The second-order valence-electron chi connectivity index (χ2n) is 6.71. The molecule has 1 aromatic heterocycles. The van der Waals surface area contributed by atoms with E-state index in [9.17, 15) is 8.42 Å². The van der Waals surface area contributed by atoms with E-state index in [2.05, 4.69) is 9.88 Å². The maximum absolute atomic E-state index is 13.0. The van der Waals surface area contributed by atoms with Gasteiger partial charge in [0.15, 0.2) is 5.76 Å². The van der Waals surface area contributed by atoms with Crippen LogP contribution in [0.25, 0.3) is 11.3 Å². The van der Waals surface area contributed by atoms with Crippen molar-refractivity contribution in [1.82, 2.24) is 5.16 Å². The smallest absolute Gasteiger partial charge is 0.262 e. The van der Waals surface area contributed by atoms with Gasteiger partial charge in [0, 0.05) is 17.3 Å². The van der Waals surface area contributed by atoms with E-state index in [-0.39, 0.29) is 10.8 Å². The Kier molecular flexibility index (Phi) is 4.87. The molecule has 0 aliphatic heterocycles. The van der Waals surface area contributed by atoms with Crippen molar-refractivity contribution >= 4 is 15.7 Å². The molecular weight excluding hydrogens is 348 g/mol. The predicted octanol–water partition coefficient (Wildman–Crippen LogP) is 4.88. The molecule has 3 rings (SSSR count). The summed E-state index contributed by atoms with van der Waals surface area (Å²) in [6, 6.07) is 14.4. The van der Waals surface area contributed by atoms with Crippen molar-refractivity contribution < 1.29 is 12.9 Å². The molecule has 136 valence electrons. The lowest BCUT2D eigenvalue weighted by Crippen LogP contribution is -2.15. The molecule has 0 radical (unpaired) electrons. The second kappa shape index (κ2) is 6.96. The zero-order chi connectivity index (χ0) is 18.9. The van der Waals surface area contributed by atoms with Gasteiger partial charge in [-0.3, -0.25) is 4.72 Å². The molecule has 6 heteroatoms. The minimum atomic E-state index is -3.74. The number of anilines is 1. The fraction of sp³-hybridized carbons (Fsp3) is 0.250. The maximum atomic E-state index is 13.0. The lowest BCUT2D eigenvalue weighted by molar-refractivity contribution is 0.427. The summed E-state index contributed by atoms with van der Waals surface area (Å²) in [5.41, 5.74) is 3.78. The van der Waals surface area contributed by atoms with E-state index in [1.54, 1.807) is 24.3 Å². The molecule has 26 heavy (non-hydrogen) atoms. The van der Waals surface area contributed by atoms with E-state index in [0.29, 0.717) is 17.0 Å². The van der Waals surface area contributed by atoms with Gasteiger partial charge in [-0.2, -0.15) is 0 Å². The summed E-state index contributed by atoms with van der Waals surface area (Å²) in [5, 5.41) is 3.88. The van der Waals surface area contributed by atoms with Gasteiger partial charge in [0.1, 0.15) is 0 Å². The Hall–Kier alpha value is -2.60. The molecule has 0 bridgehead atoms. The minimum Gasteiger partial charge on any atom is -0.356 e. The molecule has 5 nitrogen and oxygen atoms in total. The fourth-order valence-corrected chi connectivity index (χ4v) is 4.18. The van der Waals surface area contributed by atoms with Crippen LogP contribution in [0.15, 0.2) is 57.9 Å². The number of nitrogens with zero attached hydrogens (tertiary/aromatic N) is 1. The first kappa shape index (κ1) is 18.2. The van der Waals surface area contributed by atoms with Gasteiger partial charge < -0.3 is 4.52 Å². The Morgan fingerprint density at radius 1 is 1.00 bits per heavy atom. The summed E-state index contributed by atoms with van der Waals surface area (Å²) in [5.74, 6) is 0.606. The Labute approximate surface area is 154 Å². The van der Waals surface area contributed by atoms with Gasteiger partial charge in [0.25, 0.3) is 10.0 Å². The van der Waals surface area contributed by atoms with Crippen molar-refractivity contribution in [2.75, 3.05) is 4.72 Å². The number of rotatable bonds is 5. The molecule has 0 saturated carbocycles. The van der Waals surface area contributed by atoms with Gasteiger partial charge in [-0.15, -0.1) is 0 Å². The zero-order valence-electron chi connectivity index (χ0n) is 15.3. The predicted molar refractivity (Wildman–Crippen MR) is 103 cm³/mol. The van der Waals surface area contributed by atoms with Gasteiger partial charge in [-0.25, -0.2) is 8.42 Å². The SMILES string of the molecule is Cc1ccc(NS(=O)(=O)c2cc(-c3cc(C)no3)ccc2C(C)C)cc1. The van der Waals surface area contributed by atoms with Crippen LogP contribution in [0, 0.1) is 13.8 Å². The van der Waals surface area contributed by atoms with Crippen LogP contribution in [0.3, 0.4) is 0 Å². The van der Waals surface area contributed by atoms with Gasteiger partial charge >= 0.3 is 0 Å². The zero-order valence-corrected chi connectivity index (χ0v) is 16.1. The molecule has 1 N–H and O–H groups in total. The summed E-state index contributed by atoms with van der Waals surface area (Å²) < 4.78 is 34.0. The van der Waals surface area contributed by atoms with Crippen LogP contribution in [0.4, 0.5) is 5.69 Å². The number of hydrogen-bond acceptors (Lipinski definition) is 4. The number of nitrogens with one attached hydrogen (secondary N) is 1. The van der Waals surface area contributed by atoms with Gasteiger partial charge in [-0.05, 0) is 43.5 Å². The molecular formula is C20H22N2O3S. The summed E-state index contributed by atoms with van der Waals surface area (Å²) in [6.07, 6.45) is 0. The van der Waals surface area contributed by atoms with Crippen molar-refractivity contribution in [1.29, 1.82) is 0 Å². The lowest BCUT2D eigenvalue weighted by Gasteiger charge is -2.16. The first-order valence-corrected chi connectivity index (χ1v) is 9.92. The standard InChI is InChI=1S/C20H22N2O3S/c1-13(2)18-10-7-16(19-11-15(4)21-25-19)12-20(18)26(23,24)22-17-8-5-14(3)6-9-17/h5-13,22H,1-4H3. The van der Waals surface area contributed by atoms with E-state index in [4.69, 9.17) is 4.52 Å². The normalized spacial score (nSPS) is 11.7. The highest BCUT2D eigenvalue weighted by Gasteiger charge is 2.22. The summed E-state index contributed by atoms with van der Waals surface area (Å²) in [6.45, 7) is 7.72. The molecule has 2 aromatic carbocycles. The van der Waals surface area contributed by atoms with Crippen LogP contribution in [0.5, 0.6) is 0 Å². The average molecular weight is 370 g/mol. The number of benzene rings is 2. The lowest BCUT2D eigenvalue weighted by atomic mass is 10.0. The van der Waals surface area contributed by atoms with Gasteiger partial charge in [0.2, 0.25) is 0 Å². The monoisotopic (exact) mass is 370 g/mol. The third kappa shape index (κ3) is 3.80. The van der Waals surface area contributed by atoms with Gasteiger partial charge in [-0.1, -0.05) is 48.8 Å². The largest absolute Gasteiger partial charge is 0.356 e. The van der Waals surface area contributed by atoms with Crippen LogP contribution >= 0.6 is 0 Å². The number of aromatic nitrogens is 1. The number of hydrogen-bond donors (Lipinski definition) is 1. The highest BCUT2D eigenvalue weighted by molar-refractivity contribution is 7.92. The molecule has 0 spiro atoms. The first-order valence-electron chi connectivity index (χ1n) is 8.43. The van der Waals surface area contributed by atoms with Crippen molar-refractivity contribution in [3.8, 4) is 11.3 Å². The first-order chi connectivity index (χ1) is 12.3. The Bertz CT molecular complexity index is 1020. The van der Waals surface area contributed by atoms with Crippen LogP contribution in [0.1, 0.15) is 36.6 Å². The van der Waals surface area contributed by atoms with Crippen LogP contribution < -0.4 is 4.72 Å². The Morgan fingerprint density at radius 3 is 2.27 bits per heavy atom. The highest BCUT2D eigenvalue weighted by atomic mass is 32.2. The Morgan fingerprint density at radius 2 is 1.69 bits per heavy atom. The van der Waals surface area contributed by atoms with E-state index >= 15 is 0 Å². The second-order valence-corrected chi connectivity index (χ2v) is 8.36. The third-order valence-corrected chi connectivity index (χ3v) is 5.58. The van der Waals surface area contributed by atoms with Crippen molar-refractivity contribution in [3.63, 3.8) is 0 Å². The topological polar surface area (TPSA) is 72.2 Å². The maximum Gasteiger partial charge on any atom is 0.262 e. The van der Waals surface area contributed by atoms with Crippen LogP contribution in [-0.4, -0.2) is 13.6 Å². The van der Waals surface area contributed by atoms with E-state index < -0.39 is 10.0 Å². The number of sulfonamides is 1. The molecule has 0 amide bonds. The summed E-state index contributed by atoms with van der Waals surface area (Å²) >= 11 is 0. The van der Waals surface area contributed by atoms with E-state index in [1.807, 2.05) is 52.0 Å². The molecule has 0 saturated heterocycles. The highest BCUT2D eigenvalue weighted by Crippen LogP contribution is 2.31. The molecule has 0 aliphatic rings. The molecule has 0 fully saturated rings. The van der Waals surface area contributed by atoms with E-state index in [1.165, 1.54) is 0 Å². The minimum absolute atomic E-state index is 0.0603. The summed E-state index contributed by atoms with van der Waals surface area (Å²) in [4.78, 5) is 0.250. The third-order valence-electron chi connectivity index (χ3n) is 4.14. The van der Waals surface area contributed by atoms with Crippen LogP contribution in [-0.2, 0) is 10.0 Å². The molecule has 0 atom stereocenters. The van der Waals surface area contributed by atoms with Crippen molar-refractivity contribution in [3.05, 3.63) is 65.4 Å². The van der Waals surface area contributed by atoms with E-state index in [0.717, 1.165) is 16.8 Å². The quantitative estimate of drug-likeness (QED) is 0.694. The average Bonchev–Trinajstić information content (AvgIpc) is 3.02. The molecule has 1 heterocycles. The van der Waals surface area contributed by atoms with Crippen LogP contribution in [0.2, 0.25) is 0 Å². The van der Waals surface area contributed by atoms with Crippen molar-refractivity contribution in [2.24, 2.45) is 0 Å². The number of aryl methyl sites for hydroxylation is 2. The summed E-state index contributed by atoms with van der Waals surface area (Å²) in [7, 11) is -3.74. The molecule has 3 aromatic rings. The molecule has 0 unspecified atom stereocenters. The van der Waals surface area contributed by atoms with Gasteiger partial charge in [0.05, 0.1) is 10.6 Å². The Balaban J connectivity index is 2.06. The fourth-order valence-electron chi connectivity index (χ4n) is 2.73. The van der Waals surface area contributed by atoms with Crippen molar-refractivity contribution in [2.45, 2.75) is 38.5 Å². The molecule has 0 aliphatic carbocycles.